The van der Waals surface area contributed by atoms with Crippen LogP contribution >= 0.6 is 0 Å². The largest absolute Gasteiger partial charge is 0.464 e. The Morgan fingerprint density at radius 1 is 1.04 bits per heavy atom. The molecule has 12 nitrogen and oxygen atoms in total. The molecule has 1 aliphatic heterocycles. The molecule has 0 radical (unpaired) electrons. The average molecular weight is 625 g/mol. The zero-order chi connectivity index (χ0) is 32.2. The van der Waals surface area contributed by atoms with Crippen LogP contribution in [0.2, 0.25) is 0 Å². The predicted molar refractivity (Wildman–Crippen MR) is 165 cm³/mol. The second-order valence-corrected chi connectivity index (χ2v) is 12.0. The second kappa shape index (κ2) is 16.2. The molecule has 244 valence electrons. The van der Waals surface area contributed by atoms with E-state index < -0.39 is 29.8 Å². The summed E-state index contributed by atoms with van der Waals surface area (Å²) in [6, 6.07) is 8.69. The monoisotopic (exact) mass is 624 g/mol. The van der Waals surface area contributed by atoms with Crippen molar-refractivity contribution in [1.29, 1.82) is 0 Å². The molecule has 1 aromatic carbocycles. The van der Waals surface area contributed by atoms with Gasteiger partial charge < -0.3 is 33.9 Å². The zero-order valence-electron chi connectivity index (χ0n) is 26.5. The maximum atomic E-state index is 13.3. The van der Waals surface area contributed by atoms with Crippen molar-refractivity contribution < 1.29 is 38.1 Å². The van der Waals surface area contributed by atoms with E-state index in [2.05, 4.69) is 15.3 Å². The van der Waals surface area contributed by atoms with E-state index in [0.717, 1.165) is 11.1 Å². The first kappa shape index (κ1) is 33.7. The molecule has 1 N–H and O–H groups in total. The number of nitrogens with one attached hydrogen (secondary N) is 1. The van der Waals surface area contributed by atoms with Gasteiger partial charge >= 0.3 is 18.2 Å². The lowest BCUT2D eigenvalue weighted by Gasteiger charge is -2.41. The van der Waals surface area contributed by atoms with Crippen molar-refractivity contribution >= 4 is 23.7 Å². The Kier molecular flexibility index (Phi) is 12.1. The molecule has 12 heteroatoms. The van der Waals surface area contributed by atoms with Gasteiger partial charge in [-0.3, -0.25) is 0 Å². The Labute approximate surface area is 264 Å². The quantitative estimate of drug-likeness (QED) is 0.266. The summed E-state index contributed by atoms with van der Waals surface area (Å²) < 4.78 is 28.1. The fourth-order valence-electron chi connectivity index (χ4n) is 5.31. The van der Waals surface area contributed by atoms with Crippen LogP contribution in [0.1, 0.15) is 71.1 Å². The number of rotatable bonds is 11. The summed E-state index contributed by atoms with van der Waals surface area (Å²) in [4.78, 5) is 48.1. The lowest BCUT2D eigenvalue weighted by molar-refractivity contribution is -0.145. The molecule has 0 spiro atoms. The number of benzene rings is 1. The van der Waals surface area contributed by atoms with Gasteiger partial charge in [0.25, 0.3) is 0 Å². The van der Waals surface area contributed by atoms with Crippen LogP contribution in [0.15, 0.2) is 48.8 Å². The molecular weight excluding hydrogens is 580 g/mol. The number of carbonyl (C=O) groups excluding carboxylic acids is 3. The topological polar surface area (TPSA) is 138 Å². The Hall–Kier alpha value is -4.19. The minimum absolute atomic E-state index is 0.111. The van der Waals surface area contributed by atoms with Gasteiger partial charge in [-0.05, 0) is 70.9 Å². The van der Waals surface area contributed by atoms with E-state index in [9.17, 15) is 14.4 Å². The summed E-state index contributed by atoms with van der Waals surface area (Å²) in [6.45, 7) is 8.04. The van der Waals surface area contributed by atoms with E-state index in [1.165, 1.54) is 6.20 Å². The molecule has 2 amide bonds. The Balaban J connectivity index is 1.40. The third-order valence-corrected chi connectivity index (χ3v) is 7.39. The highest BCUT2D eigenvalue weighted by Gasteiger charge is 2.38. The molecule has 45 heavy (non-hydrogen) atoms. The van der Waals surface area contributed by atoms with Crippen molar-refractivity contribution in [3.8, 4) is 5.88 Å². The van der Waals surface area contributed by atoms with Crippen molar-refractivity contribution in [1.82, 2.24) is 20.2 Å². The summed E-state index contributed by atoms with van der Waals surface area (Å²) in [5.74, 6) is -0.195. The first-order valence-electron chi connectivity index (χ1n) is 15.5. The average Bonchev–Trinajstić information content (AvgIpc) is 3.02. The van der Waals surface area contributed by atoms with Gasteiger partial charge in [0.1, 0.15) is 17.9 Å². The second-order valence-electron chi connectivity index (χ2n) is 12.0. The number of carbonyl (C=O) groups is 3. The highest BCUT2D eigenvalue weighted by Crippen LogP contribution is 2.32. The van der Waals surface area contributed by atoms with Crippen molar-refractivity contribution in [3.05, 3.63) is 60.1 Å². The first-order chi connectivity index (χ1) is 21.6. The molecule has 1 aliphatic carbocycles. The summed E-state index contributed by atoms with van der Waals surface area (Å²) in [7, 11) is 0. The molecule has 3 atom stereocenters. The Bertz CT molecular complexity index is 1310. The summed E-state index contributed by atoms with van der Waals surface area (Å²) in [6.07, 6.45) is 7.39. The van der Waals surface area contributed by atoms with E-state index in [0.29, 0.717) is 44.3 Å². The van der Waals surface area contributed by atoms with E-state index >= 15 is 0 Å². The van der Waals surface area contributed by atoms with Crippen molar-refractivity contribution in [2.24, 2.45) is 0 Å². The van der Waals surface area contributed by atoms with Crippen LogP contribution in [-0.2, 0) is 30.3 Å². The number of hydrogen-bond acceptors (Lipinski definition) is 10. The Morgan fingerprint density at radius 2 is 1.82 bits per heavy atom. The summed E-state index contributed by atoms with van der Waals surface area (Å²) in [5.41, 5.74) is 1.77. The molecular formula is C33H44N4O8. The molecule has 2 heterocycles. The third-order valence-electron chi connectivity index (χ3n) is 7.39. The lowest BCUT2D eigenvalue weighted by atomic mass is 9.94. The number of alkyl carbamates (subject to hydrolysis) is 1. The number of amides is 2. The van der Waals surface area contributed by atoms with E-state index in [1.807, 2.05) is 57.2 Å². The van der Waals surface area contributed by atoms with Crippen LogP contribution in [-0.4, -0.2) is 83.2 Å². The maximum absolute atomic E-state index is 13.3. The first-order valence-corrected chi connectivity index (χ1v) is 15.5. The molecule has 1 aromatic heterocycles. The van der Waals surface area contributed by atoms with Crippen molar-refractivity contribution in [2.75, 3.05) is 26.4 Å². The normalized spacial score (nSPS) is 20.0. The van der Waals surface area contributed by atoms with Crippen molar-refractivity contribution in [3.63, 3.8) is 0 Å². The highest BCUT2D eigenvalue weighted by atomic mass is 16.6. The van der Waals surface area contributed by atoms with Crippen LogP contribution in [0, 0.1) is 0 Å². The number of likely N-dealkylation sites (tertiary alicyclic amines) is 1. The van der Waals surface area contributed by atoms with E-state index in [1.54, 1.807) is 18.0 Å². The third kappa shape index (κ3) is 10.4. The van der Waals surface area contributed by atoms with Crippen LogP contribution in [0.5, 0.6) is 5.88 Å². The SMILES string of the molecule is CCOC(=O)COc1nccnc1C1=CCC(OCC2C(NC(=O)OC(C)(C)C)CCCN2C(=O)OCc2ccccc2)CC1. The number of hydrogen-bond donors (Lipinski definition) is 1. The van der Waals surface area contributed by atoms with Gasteiger partial charge in [0.2, 0.25) is 5.88 Å². The number of esters is 1. The van der Waals surface area contributed by atoms with Crippen molar-refractivity contribution in [2.45, 2.75) is 90.2 Å². The van der Waals surface area contributed by atoms with Crippen LogP contribution in [0.3, 0.4) is 0 Å². The van der Waals surface area contributed by atoms with Crippen LogP contribution in [0.4, 0.5) is 9.59 Å². The summed E-state index contributed by atoms with van der Waals surface area (Å²) >= 11 is 0. The van der Waals surface area contributed by atoms with Gasteiger partial charge in [0, 0.05) is 18.9 Å². The maximum Gasteiger partial charge on any atom is 0.410 e. The van der Waals surface area contributed by atoms with Gasteiger partial charge in [0.05, 0.1) is 31.4 Å². The zero-order valence-corrected chi connectivity index (χ0v) is 26.5. The smallest absolute Gasteiger partial charge is 0.410 e. The van der Waals surface area contributed by atoms with E-state index in [-0.39, 0.29) is 44.5 Å². The molecule has 0 bridgehead atoms. The Morgan fingerprint density at radius 3 is 2.53 bits per heavy atom. The minimum Gasteiger partial charge on any atom is -0.464 e. The number of ether oxygens (including phenoxy) is 5. The number of nitrogens with zero attached hydrogens (tertiary/aromatic N) is 3. The fraction of sp³-hybridized carbons (Fsp3) is 0.545. The summed E-state index contributed by atoms with van der Waals surface area (Å²) in [5, 5.41) is 2.97. The van der Waals surface area contributed by atoms with Gasteiger partial charge in [-0.1, -0.05) is 36.4 Å². The number of piperidine rings is 1. The van der Waals surface area contributed by atoms with Crippen LogP contribution in [0.25, 0.3) is 5.57 Å². The molecule has 2 aromatic rings. The molecule has 4 rings (SSSR count). The fourth-order valence-corrected chi connectivity index (χ4v) is 5.31. The molecule has 2 aliphatic rings. The molecule has 1 fully saturated rings. The van der Waals surface area contributed by atoms with E-state index in [4.69, 9.17) is 23.7 Å². The van der Waals surface area contributed by atoms with Crippen LogP contribution < -0.4 is 10.1 Å². The highest BCUT2D eigenvalue weighted by molar-refractivity contribution is 5.72. The predicted octanol–water partition coefficient (Wildman–Crippen LogP) is 5.07. The lowest BCUT2D eigenvalue weighted by Crippen LogP contribution is -2.59. The molecule has 3 unspecified atom stereocenters. The molecule has 1 saturated heterocycles. The number of aromatic nitrogens is 2. The van der Waals surface area contributed by atoms with Gasteiger partial charge in [0.15, 0.2) is 6.61 Å². The molecule has 0 saturated carbocycles. The standard InChI is InChI=1S/C33H44N4O8/c1-5-41-28(38)22-43-30-29(34-17-18-35-30)24-13-15-25(16-14-24)42-21-27-26(36-31(39)45-33(2,3)4)12-9-19-37(27)32(40)44-20-23-10-7-6-8-11-23/h6-8,10-11,13,17-18,25-27H,5,9,12,14-16,19-22H2,1-4H3,(H,36,39). The van der Waals surface area contributed by atoms with Gasteiger partial charge in [-0.2, -0.15) is 0 Å². The number of allylic oxidation sites excluding steroid dienone is 1. The van der Waals surface area contributed by atoms with Gasteiger partial charge in [-0.25, -0.2) is 24.4 Å². The minimum atomic E-state index is -0.655. The van der Waals surface area contributed by atoms with Gasteiger partial charge in [-0.15, -0.1) is 0 Å².